The summed E-state index contributed by atoms with van der Waals surface area (Å²) >= 11 is 0. The molecule has 2 aliphatic heterocycles. The van der Waals surface area contributed by atoms with Gasteiger partial charge in [-0.05, 0) is 23.8 Å². The lowest BCUT2D eigenvalue weighted by atomic mass is 9.95. The van der Waals surface area contributed by atoms with Crippen LogP contribution in [0.5, 0.6) is 0 Å². The van der Waals surface area contributed by atoms with Crippen LogP contribution >= 0.6 is 0 Å². The lowest BCUT2D eigenvalue weighted by molar-refractivity contribution is 0.0329. The van der Waals surface area contributed by atoms with Crippen LogP contribution in [0.3, 0.4) is 0 Å². The molecule has 1 amide bonds. The third-order valence-electron chi connectivity index (χ3n) is 5.73. The van der Waals surface area contributed by atoms with E-state index >= 15 is 0 Å². The largest absolute Gasteiger partial charge is 0.383 e. The van der Waals surface area contributed by atoms with Gasteiger partial charge in [-0.2, -0.15) is 5.26 Å². The Hall–Kier alpha value is -3.48. The molecular formula is C21H18FN5O3. The number of hydrogen-bond donors (Lipinski definition) is 2. The Balaban J connectivity index is 1.52. The first-order chi connectivity index (χ1) is 14.5. The van der Waals surface area contributed by atoms with Crippen molar-refractivity contribution in [1.29, 1.82) is 5.26 Å². The minimum Gasteiger partial charge on any atom is -0.383 e. The quantitative estimate of drug-likeness (QED) is 0.674. The molecule has 0 unspecified atom stereocenters. The summed E-state index contributed by atoms with van der Waals surface area (Å²) in [6.45, 7) is 1.15. The summed E-state index contributed by atoms with van der Waals surface area (Å²) in [5.74, 6) is -0.450. The zero-order valence-electron chi connectivity index (χ0n) is 16.2. The van der Waals surface area contributed by atoms with Crippen LogP contribution in [-0.4, -0.2) is 34.4 Å². The van der Waals surface area contributed by atoms with E-state index in [9.17, 15) is 9.18 Å². The number of aromatic nitrogens is 2. The van der Waals surface area contributed by atoms with Gasteiger partial charge in [0.15, 0.2) is 0 Å². The van der Waals surface area contributed by atoms with E-state index in [0.717, 1.165) is 16.6 Å². The molecule has 1 aromatic carbocycles. The van der Waals surface area contributed by atoms with Crippen molar-refractivity contribution >= 4 is 22.8 Å². The van der Waals surface area contributed by atoms with Crippen LogP contribution in [0.25, 0.3) is 11.0 Å². The standard InChI is InChI=1S/C21H18FN5O3/c1-27(17-9-29-6-11-2-10(5-23)3-14(22)18(11)17)21(28)16-4-15-19(25-16)12-7-30-8-13(12)20(24)26-15/h2-4,17,25H,6-9H2,1H3,(H2,24,26)/t17-/m1/s1. The highest BCUT2D eigenvalue weighted by Crippen LogP contribution is 2.34. The number of rotatable bonds is 2. The Morgan fingerprint density at radius 1 is 1.30 bits per heavy atom. The first-order valence-corrected chi connectivity index (χ1v) is 9.43. The smallest absolute Gasteiger partial charge is 0.270 e. The number of nitrogen functional groups attached to an aromatic ring is 1. The Labute approximate surface area is 171 Å². The van der Waals surface area contributed by atoms with Crippen molar-refractivity contribution in [3.05, 3.63) is 57.5 Å². The van der Waals surface area contributed by atoms with Gasteiger partial charge >= 0.3 is 0 Å². The van der Waals surface area contributed by atoms with Gasteiger partial charge in [-0.25, -0.2) is 9.37 Å². The van der Waals surface area contributed by atoms with E-state index in [2.05, 4.69) is 9.97 Å². The fraction of sp³-hybridized carbons (Fsp3) is 0.286. The maximum Gasteiger partial charge on any atom is 0.270 e. The van der Waals surface area contributed by atoms with Gasteiger partial charge in [-0.3, -0.25) is 4.79 Å². The maximum atomic E-state index is 14.8. The normalized spacial score (nSPS) is 17.4. The molecule has 0 spiro atoms. The van der Waals surface area contributed by atoms with E-state index < -0.39 is 11.9 Å². The van der Waals surface area contributed by atoms with Crippen LogP contribution in [0.15, 0.2) is 18.2 Å². The molecule has 0 saturated heterocycles. The number of nitrogens with zero attached hydrogens (tertiary/aromatic N) is 3. The number of anilines is 1. The molecule has 0 fully saturated rings. The number of aromatic amines is 1. The molecule has 5 rings (SSSR count). The topological polar surface area (TPSA) is 117 Å². The Kier molecular flexibility index (Phi) is 4.20. The fourth-order valence-electron chi connectivity index (χ4n) is 4.19. The average Bonchev–Trinajstić information content (AvgIpc) is 3.39. The first kappa shape index (κ1) is 18.5. The van der Waals surface area contributed by atoms with Gasteiger partial charge < -0.3 is 25.1 Å². The van der Waals surface area contributed by atoms with Crippen molar-refractivity contribution in [3.8, 4) is 6.07 Å². The van der Waals surface area contributed by atoms with Crippen LogP contribution in [-0.2, 0) is 29.3 Å². The highest BCUT2D eigenvalue weighted by atomic mass is 19.1. The third-order valence-corrected chi connectivity index (χ3v) is 5.73. The number of amides is 1. The van der Waals surface area contributed by atoms with Gasteiger partial charge in [0.05, 0.1) is 55.1 Å². The first-order valence-electron chi connectivity index (χ1n) is 9.43. The zero-order valence-corrected chi connectivity index (χ0v) is 16.2. The Morgan fingerprint density at radius 2 is 2.10 bits per heavy atom. The summed E-state index contributed by atoms with van der Waals surface area (Å²) in [7, 11) is 1.60. The fourth-order valence-corrected chi connectivity index (χ4v) is 4.19. The van der Waals surface area contributed by atoms with Crippen LogP contribution in [0, 0.1) is 17.1 Å². The zero-order chi connectivity index (χ0) is 21.0. The predicted octanol–water partition coefficient (Wildman–Crippen LogP) is 2.53. The van der Waals surface area contributed by atoms with Crippen molar-refractivity contribution < 1.29 is 18.7 Å². The number of likely N-dealkylation sites (N-methyl/N-ethyl adjacent to an activating group) is 1. The third kappa shape index (κ3) is 2.73. The van der Waals surface area contributed by atoms with E-state index in [4.69, 9.17) is 20.5 Å². The minimum atomic E-state index is -0.618. The van der Waals surface area contributed by atoms with Crippen LogP contribution < -0.4 is 5.73 Å². The van der Waals surface area contributed by atoms with Crippen molar-refractivity contribution in [1.82, 2.24) is 14.9 Å². The number of carbonyl (C=O) groups is 1. The van der Waals surface area contributed by atoms with Crippen LogP contribution in [0.1, 0.15) is 44.3 Å². The molecule has 3 aromatic rings. The highest BCUT2D eigenvalue weighted by molar-refractivity contribution is 5.98. The number of hydrogen-bond acceptors (Lipinski definition) is 6. The van der Waals surface area contributed by atoms with Gasteiger partial charge in [0.2, 0.25) is 0 Å². The molecular weight excluding hydrogens is 389 g/mol. The van der Waals surface area contributed by atoms with E-state index in [1.807, 2.05) is 6.07 Å². The van der Waals surface area contributed by atoms with Gasteiger partial charge in [0, 0.05) is 23.7 Å². The summed E-state index contributed by atoms with van der Waals surface area (Å²) in [6.07, 6.45) is 0. The van der Waals surface area contributed by atoms with Crippen molar-refractivity contribution in [2.75, 3.05) is 19.4 Å². The van der Waals surface area contributed by atoms with Gasteiger partial charge in [0.25, 0.3) is 5.91 Å². The molecule has 4 heterocycles. The molecule has 2 aromatic heterocycles. The average molecular weight is 407 g/mol. The van der Waals surface area contributed by atoms with Crippen molar-refractivity contribution in [2.24, 2.45) is 0 Å². The van der Waals surface area contributed by atoms with E-state index in [1.54, 1.807) is 19.2 Å². The summed E-state index contributed by atoms with van der Waals surface area (Å²) < 4.78 is 25.8. The molecule has 2 aliphatic rings. The second-order valence-corrected chi connectivity index (χ2v) is 7.48. The highest BCUT2D eigenvalue weighted by Gasteiger charge is 2.32. The second-order valence-electron chi connectivity index (χ2n) is 7.48. The Morgan fingerprint density at radius 3 is 2.90 bits per heavy atom. The summed E-state index contributed by atoms with van der Waals surface area (Å²) in [5.41, 5.74) is 10.5. The second kappa shape index (κ2) is 6.79. The van der Waals surface area contributed by atoms with Crippen molar-refractivity contribution in [2.45, 2.75) is 25.9 Å². The van der Waals surface area contributed by atoms with Gasteiger partial charge in [0.1, 0.15) is 17.3 Å². The molecule has 1 atom stereocenters. The molecule has 152 valence electrons. The number of nitrogens with one attached hydrogen (secondary N) is 1. The number of fused-ring (bicyclic) bond motifs is 4. The number of halogens is 1. The predicted molar refractivity (Wildman–Crippen MR) is 105 cm³/mol. The lowest BCUT2D eigenvalue weighted by Crippen LogP contribution is -2.37. The van der Waals surface area contributed by atoms with Gasteiger partial charge in [-0.15, -0.1) is 0 Å². The van der Waals surface area contributed by atoms with Crippen molar-refractivity contribution in [3.63, 3.8) is 0 Å². The number of H-pyrrole nitrogens is 1. The molecule has 9 heteroatoms. The maximum absolute atomic E-state index is 14.8. The number of carbonyl (C=O) groups excluding carboxylic acids is 1. The van der Waals surface area contributed by atoms with Crippen LogP contribution in [0.2, 0.25) is 0 Å². The molecule has 0 bridgehead atoms. The molecule has 3 N–H and O–H groups in total. The number of pyridine rings is 1. The minimum absolute atomic E-state index is 0.159. The van der Waals surface area contributed by atoms with E-state index in [-0.39, 0.29) is 24.7 Å². The molecule has 0 saturated carbocycles. The monoisotopic (exact) mass is 407 g/mol. The van der Waals surface area contributed by atoms with E-state index in [1.165, 1.54) is 11.0 Å². The number of benzene rings is 1. The SMILES string of the molecule is CN(C(=O)c1cc2nc(N)c3c(c2[nH]1)COC3)[C@@H]1COCc2cc(C#N)cc(F)c21. The number of nitriles is 1. The van der Waals surface area contributed by atoms with Gasteiger partial charge in [-0.1, -0.05) is 0 Å². The molecule has 8 nitrogen and oxygen atoms in total. The lowest BCUT2D eigenvalue weighted by Gasteiger charge is -2.33. The van der Waals surface area contributed by atoms with Crippen LogP contribution in [0.4, 0.5) is 10.2 Å². The Bertz CT molecular complexity index is 1250. The summed E-state index contributed by atoms with van der Waals surface area (Å²) in [6, 6.07) is 5.75. The molecule has 0 aliphatic carbocycles. The molecule has 30 heavy (non-hydrogen) atoms. The molecule has 0 radical (unpaired) electrons. The number of nitrogens with two attached hydrogens (primary N) is 1. The summed E-state index contributed by atoms with van der Waals surface area (Å²) in [5, 5.41) is 9.08. The number of ether oxygens (including phenoxy) is 2. The van der Waals surface area contributed by atoms with E-state index in [0.29, 0.717) is 41.4 Å². The summed E-state index contributed by atoms with van der Waals surface area (Å²) in [4.78, 5) is 22.2.